The van der Waals surface area contributed by atoms with Gasteiger partial charge in [0.1, 0.15) is 17.6 Å². The Labute approximate surface area is 383 Å². The van der Waals surface area contributed by atoms with E-state index in [1.54, 1.807) is 17.0 Å². The number of likely N-dealkylation sites (tertiary alicyclic amines) is 1. The Morgan fingerprint density at radius 3 is 2.34 bits per heavy atom. The van der Waals surface area contributed by atoms with E-state index < -0.39 is 47.3 Å². The van der Waals surface area contributed by atoms with Crippen LogP contribution in [-0.4, -0.2) is 112 Å². The van der Waals surface area contributed by atoms with Gasteiger partial charge < -0.3 is 33.7 Å². The maximum Gasteiger partial charge on any atom is 0.262 e. The van der Waals surface area contributed by atoms with Gasteiger partial charge in [0.15, 0.2) is 11.6 Å². The van der Waals surface area contributed by atoms with Crippen molar-refractivity contribution in [1.82, 2.24) is 29.8 Å². The van der Waals surface area contributed by atoms with Gasteiger partial charge in [0.05, 0.1) is 66.7 Å². The topological polar surface area (TPSA) is 199 Å². The van der Waals surface area contributed by atoms with E-state index >= 15 is 0 Å². The molecule has 0 aliphatic carbocycles. The summed E-state index contributed by atoms with van der Waals surface area (Å²) in [6.07, 6.45) is 3.04. The molecule has 0 saturated carbocycles. The highest BCUT2D eigenvalue weighted by molar-refractivity contribution is 6.23. The van der Waals surface area contributed by atoms with Crippen LogP contribution >= 0.6 is 0 Å². The summed E-state index contributed by atoms with van der Waals surface area (Å²) < 4.78 is 47.7. The lowest BCUT2D eigenvalue weighted by atomic mass is 9.98. The third-order valence-corrected chi connectivity index (χ3v) is 13.0. The van der Waals surface area contributed by atoms with Crippen molar-refractivity contribution in [2.24, 2.45) is 0 Å². The Morgan fingerprint density at radius 1 is 0.821 bits per heavy atom. The van der Waals surface area contributed by atoms with Crippen LogP contribution in [0.4, 0.5) is 20.2 Å². The van der Waals surface area contributed by atoms with E-state index in [0.29, 0.717) is 81.3 Å². The summed E-state index contributed by atoms with van der Waals surface area (Å²) >= 11 is 0. The van der Waals surface area contributed by atoms with Gasteiger partial charge in [-0.3, -0.25) is 39.0 Å². The largest absolute Gasteiger partial charge is 0.383 e. The Balaban J connectivity index is 0.767. The number of aryl methyl sites for hydroxylation is 2. The quantitative estimate of drug-likeness (QED) is 0.0927. The Morgan fingerprint density at radius 2 is 1.60 bits per heavy atom. The number of aromatic nitrogens is 3. The van der Waals surface area contributed by atoms with Crippen LogP contribution in [0.3, 0.4) is 0 Å². The molecule has 350 valence electrons. The monoisotopic (exact) mass is 920 g/mol. The number of imidazole rings is 1. The van der Waals surface area contributed by atoms with E-state index in [0.717, 1.165) is 39.4 Å². The van der Waals surface area contributed by atoms with Crippen LogP contribution in [0.15, 0.2) is 59.1 Å². The Hall–Kier alpha value is -6.86. The van der Waals surface area contributed by atoms with Crippen molar-refractivity contribution in [3.05, 3.63) is 94.6 Å². The smallest absolute Gasteiger partial charge is 0.262 e. The van der Waals surface area contributed by atoms with Crippen molar-refractivity contribution in [1.29, 1.82) is 0 Å². The lowest BCUT2D eigenvalue weighted by Crippen LogP contribution is -2.54. The summed E-state index contributed by atoms with van der Waals surface area (Å²) in [5.74, 6) is -3.17. The first-order chi connectivity index (χ1) is 32.4. The molecule has 6 amide bonds. The molecule has 3 aromatic carbocycles. The number of carbonyl (C=O) groups excluding carboxylic acids is 6. The lowest BCUT2D eigenvalue weighted by molar-refractivity contribution is -0.136. The fraction of sp³-hybridized carbons (Fsp3) is 0.417. The van der Waals surface area contributed by atoms with Gasteiger partial charge >= 0.3 is 0 Å². The number of piperidine rings is 3. The Bertz CT molecular complexity index is 2760. The fourth-order valence-corrected chi connectivity index (χ4v) is 9.72. The number of amides is 6. The van der Waals surface area contributed by atoms with E-state index in [9.17, 15) is 37.5 Å². The minimum absolute atomic E-state index is 0.0273. The first-order valence-corrected chi connectivity index (χ1v) is 22.6. The van der Waals surface area contributed by atoms with Gasteiger partial charge in [-0.25, -0.2) is 13.8 Å². The van der Waals surface area contributed by atoms with Crippen molar-refractivity contribution in [2.45, 2.75) is 83.3 Å². The molecule has 4 aliphatic heterocycles. The molecule has 9 rings (SSSR count). The number of benzene rings is 3. The highest BCUT2D eigenvalue weighted by Gasteiger charge is 2.45. The number of fused-ring (bicyclic) bond motifs is 2. The summed E-state index contributed by atoms with van der Waals surface area (Å²) in [5, 5.41) is 9.48. The highest BCUT2D eigenvalue weighted by atomic mass is 19.2. The first-order valence-electron chi connectivity index (χ1n) is 22.6. The number of carbonyl (C=O) groups is 6. The second-order valence-electron chi connectivity index (χ2n) is 17.2. The van der Waals surface area contributed by atoms with E-state index in [2.05, 4.69) is 20.4 Å². The van der Waals surface area contributed by atoms with E-state index in [1.807, 2.05) is 36.9 Å². The molecule has 19 heteroatoms. The number of imide groups is 2. The first kappa shape index (κ1) is 45.3. The molecule has 3 saturated heterocycles. The highest BCUT2D eigenvalue weighted by Crippen LogP contribution is 2.41. The molecule has 4 aliphatic rings. The van der Waals surface area contributed by atoms with Gasteiger partial charge in [-0.1, -0.05) is 11.2 Å². The molecule has 3 fully saturated rings. The van der Waals surface area contributed by atoms with Gasteiger partial charge in [-0.05, 0) is 94.0 Å². The normalized spacial score (nSPS) is 19.2. The second kappa shape index (κ2) is 19.2. The molecule has 17 nitrogen and oxygen atoms in total. The predicted octanol–water partition coefficient (Wildman–Crippen LogP) is 5.94. The number of nitrogens with zero attached hydrogens (tertiary/aromatic N) is 6. The van der Waals surface area contributed by atoms with Gasteiger partial charge in [-0.15, -0.1) is 0 Å². The van der Waals surface area contributed by atoms with Gasteiger partial charge in [0, 0.05) is 61.5 Å². The minimum atomic E-state index is -1.04. The van der Waals surface area contributed by atoms with Crippen LogP contribution < -0.4 is 15.5 Å². The third-order valence-electron chi connectivity index (χ3n) is 13.0. The summed E-state index contributed by atoms with van der Waals surface area (Å²) in [6.45, 7) is 6.24. The standard InChI is InChI=1S/C48H50F2N8O9/c1-27-44(28(2)67-54-27)29-6-11-38-37(24-29)52-45(39-4-3-5-43(61)56(39)32-8-10-35(49)36(50)26-32)57(38)31-14-18-55(19-15-31)42(60)16-20-65-22-23-66-21-17-51-30-7-9-33-34(25-30)48(64)58(47(33)63)40-12-13-41(59)53-46(40)62/h6-11,24-26,31,39-40,51H,3-5,12-23H2,1-2H3,(H,53,59,62)/t39-,40?/m0/s1. The number of anilines is 2. The van der Waals surface area contributed by atoms with Gasteiger partial charge in [0.2, 0.25) is 23.6 Å². The average Bonchev–Trinajstić information content (AvgIpc) is 3.95. The predicted molar refractivity (Wildman–Crippen MR) is 238 cm³/mol. The van der Waals surface area contributed by atoms with Crippen molar-refractivity contribution in [3.8, 4) is 11.1 Å². The zero-order chi connectivity index (χ0) is 46.9. The summed E-state index contributed by atoms with van der Waals surface area (Å²) in [4.78, 5) is 86.4. The molecular formula is C48H50F2N8O9. The molecule has 2 atom stereocenters. The third kappa shape index (κ3) is 9.04. The SMILES string of the molecule is Cc1noc(C)c1-c1ccc2c(c1)nc([C@@H]1CCCC(=O)N1c1ccc(F)c(F)c1)n2C1CCN(C(=O)CCOCCOCCNc2ccc3c(c2)C(=O)N(C2CCC(=O)NC2=O)C3=O)CC1. The maximum absolute atomic E-state index is 14.6. The zero-order valence-electron chi connectivity index (χ0n) is 37.1. The van der Waals surface area contributed by atoms with Crippen LogP contribution in [0.25, 0.3) is 22.2 Å². The average molecular weight is 921 g/mol. The van der Waals surface area contributed by atoms with Gasteiger partial charge in [-0.2, -0.15) is 0 Å². The summed E-state index contributed by atoms with van der Waals surface area (Å²) in [6, 6.07) is 12.7. The van der Waals surface area contributed by atoms with Crippen LogP contribution in [0.2, 0.25) is 0 Å². The number of halogens is 2. The molecular weight excluding hydrogens is 871 g/mol. The second-order valence-corrected chi connectivity index (χ2v) is 17.2. The number of nitrogens with one attached hydrogen (secondary N) is 2. The fourth-order valence-electron chi connectivity index (χ4n) is 9.72. The number of hydrogen-bond donors (Lipinski definition) is 2. The molecule has 0 bridgehead atoms. The molecule has 5 aromatic rings. The molecule has 1 unspecified atom stereocenters. The number of ether oxygens (including phenoxy) is 2. The van der Waals surface area contributed by atoms with E-state index in [4.69, 9.17) is 19.0 Å². The molecule has 0 spiro atoms. The molecule has 2 N–H and O–H groups in total. The van der Waals surface area contributed by atoms with E-state index in [1.165, 1.54) is 12.1 Å². The van der Waals surface area contributed by atoms with Crippen molar-refractivity contribution in [2.75, 3.05) is 56.3 Å². The lowest BCUT2D eigenvalue weighted by Gasteiger charge is -2.38. The zero-order valence-corrected chi connectivity index (χ0v) is 37.1. The van der Waals surface area contributed by atoms with Crippen molar-refractivity contribution in [3.63, 3.8) is 0 Å². The number of hydrogen-bond acceptors (Lipinski definition) is 12. The molecule has 0 radical (unpaired) electrons. The van der Waals surface area contributed by atoms with Crippen LogP contribution in [0, 0.1) is 25.5 Å². The number of rotatable bonds is 15. The van der Waals surface area contributed by atoms with Crippen LogP contribution in [0.1, 0.15) is 101 Å². The van der Waals surface area contributed by atoms with Crippen molar-refractivity contribution >= 4 is 57.9 Å². The molecule has 67 heavy (non-hydrogen) atoms. The van der Waals surface area contributed by atoms with Crippen LogP contribution in [0.5, 0.6) is 0 Å². The van der Waals surface area contributed by atoms with E-state index in [-0.39, 0.29) is 73.6 Å². The van der Waals surface area contributed by atoms with Crippen molar-refractivity contribution < 1.29 is 51.5 Å². The summed E-state index contributed by atoms with van der Waals surface area (Å²) in [5.41, 5.74) is 5.34. The maximum atomic E-state index is 14.6. The minimum Gasteiger partial charge on any atom is -0.383 e. The molecule has 2 aromatic heterocycles. The van der Waals surface area contributed by atoms with Gasteiger partial charge in [0.25, 0.3) is 11.8 Å². The van der Waals surface area contributed by atoms with Crippen LogP contribution in [-0.2, 0) is 28.7 Å². The molecule has 6 heterocycles. The Kier molecular flexibility index (Phi) is 13.0. The summed E-state index contributed by atoms with van der Waals surface area (Å²) in [7, 11) is 0.